The van der Waals surface area contributed by atoms with E-state index in [0.717, 1.165) is 0 Å². The number of halogens is 1. The molecule has 0 spiro atoms. The molecule has 0 saturated carbocycles. The lowest BCUT2D eigenvalue weighted by molar-refractivity contribution is -0.0589. The van der Waals surface area contributed by atoms with Crippen molar-refractivity contribution in [2.24, 2.45) is 0 Å². The summed E-state index contributed by atoms with van der Waals surface area (Å²) in [6.07, 6.45) is -2.40. The second-order valence-corrected chi connectivity index (χ2v) is 4.19. The molecule has 0 amide bonds. The Bertz CT molecular complexity index is 347. The van der Waals surface area contributed by atoms with E-state index in [4.69, 9.17) is 9.84 Å². The van der Waals surface area contributed by atoms with Gasteiger partial charge in [0.25, 0.3) is 0 Å². The van der Waals surface area contributed by atoms with Crippen LogP contribution in [0.4, 0.5) is 0 Å². The van der Waals surface area contributed by atoms with Crippen LogP contribution in [0.5, 0.6) is 0 Å². The van der Waals surface area contributed by atoms with Crippen LogP contribution in [-0.4, -0.2) is 55.0 Å². The lowest BCUT2D eigenvalue weighted by Gasteiger charge is -2.13. The van der Waals surface area contributed by atoms with Gasteiger partial charge in [-0.3, -0.25) is 0 Å². The zero-order valence-corrected chi connectivity index (χ0v) is 9.72. The van der Waals surface area contributed by atoms with Crippen molar-refractivity contribution in [1.29, 1.82) is 0 Å². The van der Waals surface area contributed by atoms with Gasteiger partial charge in [-0.05, 0) is 0 Å². The monoisotopic (exact) mass is 327 g/mol. The maximum Gasteiger partial charge on any atom is 0.211 e. The average molecular weight is 327 g/mol. The normalized spacial score (nSPS) is 36.0. The van der Waals surface area contributed by atoms with Crippen LogP contribution in [0.15, 0.2) is 6.33 Å². The fraction of sp³-hybridized carbons (Fsp3) is 0.714. The highest BCUT2D eigenvalue weighted by Crippen LogP contribution is 2.28. The number of aliphatic hydroxyl groups is 3. The molecule has 0 aromatic carbocycles. The quantitative estimate of drug-likeness (QED) is 0.572. The van der Waals surface area contributed by atoms with Gasteiger partial charge in [0, 0.05) is 22.6 Å². The third-order valence-corrected chi connectivity index (χ3v) is 2.75. The first-order valence-corrected chi connectivity index (χ1v) is 5.40. The Morgan fingerprint density at radius 3 is 2.67 bits per heavy atom. The lowest BCUT2D eigenvalue weighted by Crippen LogP contribution is -2.33. The maximum atomic E-state index is 9.64. The molecule has 3 N–H and O–H groups in total. The predicted molar refractivity (Wildman–Crippen MR) is 55.7 cm³/mol. The van der Waals surface area contributed by atoms with Crippen molar-refractivity contribution < 1.29 is 20.1 Å². The summed E-state index contributed by atoms with van der Waals surface area (Å²) >= 11 is 1.92. The molecule has 0 bridgehead atoms. The number of rotatable bonds is 2. The Balaban J connectivity index is 2.18. The summed E-state index contributed by atoms with van der Waals surface area (Å²) < 4.78 is 7.09. The van der Waals surface area contributed by atoms with Crippen LogP contribution >= 0.6 is 22.6 Å². The first-order chi connectivity index (χ1) is 7.13. The van der Waals surface area contributed by atoms with Crippen LogP contribution in [0.25, 0.3) is 0 Å². The molecule has 2 heterocycles. The molecule has 0 aliphatic carbocycles. The summed E-state index contributed by atoms with van der Waals surface area (Å²) in [4.78, 5) is 3.87. The van der Waals surface area contributed by atoms with E-state index in [1.807, 2.05) is 22.6 Å². The molecule has 1 saturated heterocycles. The Kier molecular flexibility index (Phi) is 3.21. The van der Waals surface area contributed by atoms with Crippen molar-refractivity contribution in [3.63, 3.8) is 0 Å². The average Bonchev–Trinajstić information content (AvgIpc) is 2.74. The number of aromatic nitrogens is 3. The van der Waals surface area contributed by atoms with Crippen LogP contribution in [0, 0.1) is 3.83 Å². The smallest absolute Gasteiger partial charge is 0.211 e. The zero-order valence-electron chi connectivity index (χ0n) is 7.56. The van der Waals surface area contributed by atoms with Gasteiger partial charge in [0.05, 0.1) is 6.61 Å². The molecule has 1 aromatic rings. The van der Waals surface area contributed by atoms with E-state index in [9.17, 15) is 10.2 Å². The van der Waals surface area contributed by atoms with E-state index in [2.05, 4.69) is 10.1 Å². The SMILES string of the molecule is OC[C@H]1O[C@@H](n2cnc(I)n2)[C@@H](O)C1O. The molecule has 15 heavy (non-hydrogen) atoms. The van der Waals surface area contributed by atoms with Gasteiger partial charge in [-0.1, -0.05) is 0 Å². The Labute approximate surface area is 98.8 Å². The molecule has 4 atom stereocenters. The molecule has 1 unspecified atom stereocenters. The Hall–Kier alpha value is -0.290. The third kappa shape index (κ3) is 1.99. The topological polar surface area (TPSA) is 101 Å². The number of hydrogen-bond acceptors (Lipinski definition) is 6. The van der Waals surface area contributed by atoms with Crippen molar-refractivity contribution >= 4 is 22.6 Å². The molecule has 1 fully saturated rings. The molecule has 84 valence electrons. The van der Waals surface area contributed by atoms with Gasteiger partial charge in [0.2, 0.25) is 3.83 Å². The molecular weight excluding hydrogens is 317 g/mol. The van der Waals surface area contributed by atoms with Crippen LogP contribution in [0.2, 0.25) is 0 Å². The zero-order chi connectivity index (χ0) is 11.0. The molecule has 7 nitrogen and oxygen atoms in total. The van der Waals surface area contributed by atoms with Gasteiger partial charge >= 0.3 is 0 Å². The Morgan fingerprint density at radius 2 is 2.20 bits per heavy atom. The van der Waals surface area contributed by atoms with Crippen LogP contribution in [-0.2, 0) is 4.74 Å². The molecule has 2 rings (SSSR count). The molecule has 0 radical (unpaired) electrons. The first kappa shape index (κ1) is 11.2. The van der Waals surface area contributed by atoms with E-state index in [0.29, 0.717) is 3.83 Å². The standard InChI is InChI=1S/C7H10IN3O4/c8-7-9-2-11(10-7)6-5(14)4(13)3(1-12)15-6/h2-6,12-14H,1H2/t3-,4?,5+,6-/m1/s1. The van der Waals surface area contributed by atoms with E-state index in [-0.39, 0.29) is 6.61 Å². The van der Waals surface area contributed by atoms with Gasteiger partial charge in [0.1, 0.15) is 24.6 Å². The highest BCUT2D eigenvalue weighted by Gasteiger charge is 2.43. The minimum Gasteiger partial charge on any atom is -0.394 e. The molecule has 1 aliphatic heterocycles. The molecule has 1 aliphatic rings. The van der Waals surface area contributed by atoms with E-state index >= 15 is 0 Å². The number of ether oxygens (including phenoxy) is 1. The summed E-state index contributed by atoms with van der Waals surface area (Å²) in [5, 5.41) is 32.0. The maximum absolute atomic E-state index is 9.64. The second kappa shape index (κ2) is 4.29. The van der Waals surface area contributed by atoms with Crippen molar-refractivity contribution in [3.8, 4) is 0 Å². The minimum absolute atomic E-state index is 0.347. The van der Waals surface area contributed by atoms with Gasteiger partial charge < -0.3 is 20.1 Å². The van der Waals surface area contributed by atoms with Gasteiger partial charge in [-0.2, -0.15) is 0 Å². The summed E-state index contributed by atoms with van der Waals surface area (Å²) in [6.45, 7) is -0.347. The third-order valence-electron chi connectivity index (χ3n) is 2.26. The van der Waals surface area contributed by atoms with Crippen molar-refractivity contribution in [1.82, 2.24) is 14.8 Å². The Morgan fingerprint density at radius 1 is 1.47 bits per heavy atom. The highest BCUT2D eigenvalue weighted by molar-refractivity contribution is 14.1. The summed E-state index contributed by atoms with van der Waals surface area (Å²) in [5.74, 6) is 0. The van der Waals surface area contributed by atoms with Crippen molar-refractivity contribution in [2.45, 2.75) is 24.5 Å². The largest absolute Gasteiger partial charge is 0.394 e. The fourth-order valence-electron chi connectivity index (χ4n) is 1.47. The van der Waals surface area contributed by atoms with E-state index in [1.165, 1.54) is 11.0 Å². The van der Waals surface area contributed by atoms with Crippen molar-refractivity contribution in [2.75, 3.05) is 6.61 Å². The summed E-state index contributed by atoms with van der Waals surface area (Å²) in [6, 6.07) is 0. The number of hydrogen-bond donors (Lipinski definition) is 3. The van der Waals surface area contributed by atoms with Crippen LogP contribution in [0.1, 0.15) is 6.23 Å². The number of aliphatic hydroxyl groups excluding tert-OH is 3. The minimum atomic E-state index is -1.11. The van der Waals surface area contributed by atoms with E-state index in [1.54, 1.807) is 0 Å². The second-order valence-electron chi connectivity index (χ2n) is 3.22. The molecular formula is C7H10IN3O4. The first-order valence-electron chi connectivity index (χ1n) is 4.32. The predicted octanol–water partition coefficient (Wildman–Crippen LogP) is -1.51. The summed E-state index contributed by atoms with van der Waals surface area (Å²) in [5.41, 5.74) is 0. The highest BCUT2D eigenvalue weighted by atomic mass is 127. The van der Waals surface area contributed by atoms with Crippen LogP contribution < -0.4 is 0 Å². The van der Waals surface area contributed by atoms with Gasteiger partial charge in [0.15, 0.2) is 6.23 Å². The van der Waals surface area contributed by atoms with E-state index < -0.39 is 24.5 Å². The summed E-state index contributed by atoms with van der Waals surface area (Å²) in [7, 11) is 0. The molecule has 1 aromatic heterocycles. The fourth-order valence-corrected chi connectivity index (χ4v) is 1.85. The lowest BCUT2D eigenvalue weighted by atomic mass is 10.1. The number of nitrogens with zero attached hydrogens (tertiary/aromatic N) is 3. The molecule has 8 heteroatoms. The van der Waals surface area contributed by atoms with Crippen LogP contribution in [0.3, 0.4) is 0 Å². The van der Waals surface area contributed by atoms with Crippen molar-refractivity contribution in [3.05, 3.63) is 10.2 Å². The van der Waals surface area contributed by atoms with Gasteiger partial charge in [-0.15, -0.1) is 5.10 Å². The van der Waals surface area contributed by atoms with Gasteiger partial charge in [-0.25, -0.2) is 9.67 Å².